The molecule has 2 aromatic heterocycles. The van der Waals surface area contributed by atoms with Crippen LogP contribution >= 0.6 is 27.3 Å². The molecule has 1 fully saturated rings. The summed E-state index contributed by atoms with van der Waals surface area (Å²) in [4.78, 5) is 43.2. The maximum absolute atomic E-state index is 15.0. The maximum Gasteiger partial charge on any atom is 0.412 e. The van der Waals surface area contributed by atoms with Gasteiger partial charge < -0.3 is 25.0 Å². The molecule has 0 aliphatic carbocycles. The molecule has 16 heteroatoms. The van der Waals surface area contributed by atoms with E-state index in [9.17, 15) is 14.4 Å². The molecule has 1 saturated heterocycles. The molecule has 3 N–H and O–H groups in total. The van der Waals surface area contributed by atoms with Crippen LogP contribution < -0.4 is 20.9 Å². The number of ether oxygens (including phenoxy) is 2. The first-order valence-electron chi connectivity index (χ1n) is 12.4. The van der Waals surface area contributed by atoms with E-state index in [2.05, 4.69) is 42.0 Å². The fraction of sp³-hybridized carbons (Fsp3) is 0.625. The van der Waals surface area contributed by atoms with Crippen LogP contribution in [0.15, 0.2) is 10.1 Å². The van der Waals surface area contributed by atoms with Gasteiger partial charge in [0.15, 0.2) is 15.4 Å². The summed E-state index contributed by atoms with van der Waals surface area (Å²) in [5.41, 5.74) is -1.44. The Hall–Kier alpha value is -3.01. The highest BCUT2D eigenvalue weighted by molar-refractivity contribution is 9.11. The minimum Gasteiger partial charge on any atom is -0.444 e. The molecular weight excluding hydrogens is 616 g/mol. The number of rotatable bonds is 5. The lowest BCUT2D eigenvalue weighted by atomic mass is 10.1. The number of nitrogens with one attached hydrogen (secondary N) is 3. The molecule has 0 aromatic carbocycles. The first kappa shape index (κ1) is 31.5. The number of aryl methyl sites for hydroxylation is 1. The highest BCUT2D eigenvalue weighted by atomic mass is 79.9. The molecule has 2 aromatic rings. The molecule has 3 heterocycles. The third-order valence-electron chi connectivity index (χ3n) is 5.32. The van der Waals surface area contributed by atoms with Crippen LogP contribution in [0.4, 0.5) is 34.9 Å². The Morgan fingerprint density at radius 2 is 1.73 bits per heavy atom. The summed E-state index contributed by atoms with van der Waals surface area (Å²) in [6.07, 6.45) is -0.554. The van der Waals surface area contributed by atoms with Crippen molar-refractivity contribution in [2.75, 3.05) is 28.6 Å². The van der Waals surface area contributed by atoms with E-state index >= 15 is 8.78 Å². The van der Waals surface area contributed by atoms with Crippen LogP contribution in [0.1, 0.15) is 64.9 Å². The largest absolute Gasteiger partial charge is 0.444 e. The quantitative estimate of drug-likeness (QED) is 0.393. The van der Waals surface area contributed by atoms with E-state index in [-0.39, 0.29) is 35.2 Å². The van der Waals surface area contributed by atoms with Gasteiger partial charge in [-0.05, 0) is 63.9 Å². The van der Waals surface area contributed by atoms with Gasteiger partial charge in [0.05, 0.1) is 12.7 Å². The monoisotopic (exact) mass is 649 g/mol. The summed E-state index contributed by atoms with van der Waals surface area (Å²) in [6, 6.07) is -0.824. The van der Waals surface area contributed by atoms with Crippen molar-refractivity contribution < 1.29 is 32.6 Å². The standard InChI is InChI=1S/C24H34BrF2N7O5S/c1-22(2,3)38-20(36)29-13-8-9-34(12-24(26,27)10-13)18-14(11-28-33(18)7)30-16(35)15-17(40-19(25)31-15)32-21(37)39-23(4,5)6/h11,13H,8-10,12H2,1-7H3,(H,29,36)(H,30,35)(H,32,37)/t13-/m1/s1. The first-order chi connectivity index (χ1) is 18.3. The van der Waals surface area contributed by atoms with Crippen molar-refractivity contribution in [1.29, 1.82) is 0 Å². The molecular formula is C24H34BrF2N7O5S. The lowest BCUT2D eigenvalue weighted by Crippen LogP contribution is -2.42. The predicted octanol–water partition coefficient (Wildman–Crippen LogP) is 5.37. The summed E-state index contributed by atoms with van der Waals surface area (Å²) >= 11 is 4.23. The smallest absolute Gasteiger partial charge is 0.412 e. The van der Waals surface area contributed by atoms with E-state index in [1.165, 1.54) is 15.8 Å². The van der Waals surface area contributed by atoms with Crippen molar-refractivity contribution in [1.82, 2.24) is 20.1 Å². The third kappa shape index (κ3) is 9.01. The fourth-order valence-corrected chi connectivity index (χ4v) is 5.32. The van der Waals surface area contributed by atoms with Crippen molar-refractivity contribution in [3.05, 3.63) is 15.8 Å². The average molecular weight is 651 g/mol. The Bertz CT molecular complexity index is 1260. The zero-order valence-electron chi connectivity index (χ0n) is 23.4. The van der Waals surface area contributed by atoms with E-state index in [0.717, 1.165) is 11.3 Å². The average Bonchev–Trinajstić information content (AvgIpc) is 3.24. The Balaban J connectivity index is 1.77. The number of nitrogens with zero attached hydrogens (tertiary/aromatic N) is 4. The molecule has 0 radical (unpaired) electrons. The molecule has 12 nitrogen and oxygen atoms in total. The van der Waals surface area contributed by atoms with Gasteiger partial charge in [-0.15, -0.1) is 0 Å². The van der Waals surface area contributed by atoms with Gasteiger partial charge >= 0.3 is 12.2 Å². The molecule has 0 saturated carbocycles. The second-order valence-electron chi connectivity index (χ2n) is 11.3. The van der Waals surface area contributed by atoms with Crippen LogP contribution in [-0.2, 0) is 16.5 Å². The normalized spacial score (nSPS) is 17.6. The highest BCUT2D eigenvalue weighted by Gasteiger charge is 2.40. The number of amides is 3. The summed E-state index contributed by atoms with van der Waals surface area (Å²) < 4.78 is 42.2. The van der Waals surface area contributed by atoms with Gasteiger partial charge in [0.25, 0.3) is 11.8 Å². The molecule has 0 unspecified atom stereocenters. The number of anilines is 3. The second kappa shape index (κ2) is 11.8. The van der Waals surface area contributed by atoms with E-state index in [4.69, 9.17) is 9.47 Å². The Kier molecular flexibility index (Phi) is 9.33. The van der Waals surface area contributed by atoms with E-state index in [0.29, 0.717) is 3.92 Å². The van der Waals surface area contributed by atoms with Crippen LogP contribution in [0.25, 0.3) is 0 Å². The number of alkyl carbamates (subject to hydrolysis) is 1. The summed E-state index contributed by atoms with van der Waals surface area (Å²) in [5.74, 6) is -3.60. The topological polar surface area (TPSA) is 140 Å². The van der Waals surface area contributed by atoms with Gasteiger partial charge in [-0.1, -0.05) is 11.3 Å². The Morgan fingerprint density at radius 3 is 2.35 bits per heavy atom. The fourth-order valence-electron chi connectivity index (χ4n) is 3.98. The van der Waals surface area contributed by atoms with Crippen LogP contribution in [0.5, 0.6) is 0 Å². The van der Waals surface area contributed by atoms with Gasteiger partial charge in [-0.2, -0.15) is 5.10 Å². The zero-order chi connectivity index (χ0) is 30.0. The molecule has 1 aliphatic rings. The van der Waals surface area contributed by atoms with Gasteiger partial charge in [-0.3, -0.25) is 14.8 Å². The van der Waals surface area contributed by atoms with Crippen molar-refractivity contribution in [3.8, 4) is 0 Å². The molecule has 0 spiro atoms. The molecule has 222 valence electrons. The zero-order valence-corrected chi connectivity index (χ0v) is 25.8. The number of hydrogen-bond acceptors (Lipinski definition) is 9. The number of halogens is 3. The molecule has 0 bridgehead atoms. The van der Waals surface area contributed by atoms with Crippen molar-refractivity contribution in [2.24, 2.45) is 7.05 Å². The molecule has 1 aliphatic heterocycles. The number of hydrogen-bond donors (Lipinski definition) is 3. The Labute approximate surface area is 243 Å². The third-order valence-corrected chi connectivity index (χ3v) is 6.74. The minimum atomic E-state index is -3.16. The molecule has 3 rings (SSSR count). The van der Waals surface area contributed by atoms with Crippen LogP contribution in [0.3, 0.4) is 0 Å². The predicted molar refractivity (Wildman–Crippen MR) is 150 cm³/mol. The number of carbonyl (C=O) groups is 3. The van der Waals surface area contributed by atoms with Crippen molar-refractivity contribution in [2.45, 2.75) is 77.6 Å². The Morgan fingerprint density at radius 1 is 1.10 bits per heavy atom. The maximum atomic E-state index is 15.0. The van der Waals surface area contributed by atoms with Crippen LogP contribution in [0.2, 0.25) is 0 Å². The summed E-state index contributed by atoms with van der Waals surface area (Å²) in [7, 11) is 1.57. The van der Waals surface area contributed by atoms with Gasteiger partial charge in [-0.25, -0.2) is 23.4 Å². The summed E-state index contributed by atoms with van der Waals surface area (Å²) in [5, 5.41) is 12.0. The van der Waals surface area contributed by atoms with E-state index in [1.54, 1.807) is 48.6 Å². The van der Waals surface area contributed by atoms with Gasteiger partial charge in [0, 0.05) is 26.1 Å². The van der Waals surface area contributed by atoms with Gasteiger partial charge in [0.1, 0.15) is 21.9 Å². The lowest BCUT2D eigenvalue weighted by Gasteiger charge is -2.26. The first-order valence-corrected chi connectivity index (χ1v) is 14.0. The second-order valence-corrected chi connectivity index (χ2v) is 13.6. The summed E-state index contributed by atoms with van der Waals surface area (Å²) in [6.45, 7) is 9.67. The van der Waals surface area contributed by atoms with Gasteiger partial charge in [0.2, 0.25) is 0 Å². The number of alkyl halides is 2. The molecule has 1 atom stereocenters. The van der Waals surface area contributed by atoms with Crippen LogP contribution in [-0.4, -0.2) is 69.1 Å². The number of carbonyl (C=O) groups excluding carboxylic acids is 3. The number of thiazole rings is 1. The highest BCUT2D eigenvalue weighted by Crippen LogP contribution is 2.35. The molecule has 3 amide bonds. The number of aromatic nitrogens is 3. The minimum absolute atomic E-state index is 0.0969. The SMILES string of the molecule is Cn1ncc(NC(=O)c2nc(Br)sc2NC(=O)OC(C)(C)C)c1N1CC[C@@H](NC(=O)OC(C)(C)C)CC(F)(F)C1. The van der Waals surface area contributed by atoms with E-state index in [1.807, 2.05) is 0 Å². The van der Waals surface area contributed by atoms with Crippen LogP contribution in [0, 0.1) is 0 Å². The lowest BCUT2D eigenvalue weighted by molar-refractivity contribution is -0.00545. The van der Waals surface area contributed by atoms with E-state index < -0.39 is 54.2 Å². The van der Waals surface area contributed by atoms with Crippen molar-refractivity contribution in [3.63, 3.8) is 0 Å². The molecule has 40 heavy (non-hydrogen) atoms. The van der Waals surface area contributed by atoms with Crippen molar-refractivity contribution >= 4 is 61.9 Å².